The van der Waals surface area contributed by atoms with Gasteiger partial charge in [0.25, 0.3) is 0 Å². The smallest absolute Gasteiger partial charge is 0.194 e. The van der Waals surface area contributed by atoms with Crippen LogP contribution in [-0.2, 0) is 6.42 Å². The third-order valence-electron chi connectivity index (χ3n) is 7.50. The molecule has 0 aliphatic heterocycles. The molecule has 0 N–H and O–H groups in total. The summed E-state index contributed by atoms with van der Waals surface area (Å²) < 4.78 is 39.7. The summed E-state index contributed by atoms with van der Waals surface area (Å²) in [5, 5.41) is 0. The van der Waals surface area contributed by atoms with E-state index in [-0.39, 0.29) is 0 Å². The Morgan fingerprint density at radius 1 is 0.643 bits per heavy atom. The van der Waals surface area contributed by atoms with E-state index in [4.69, 9.17) is 0 Å². The van der Waals surface area contributed by atoms with Crippen LogP contribution in [0.5, 0.6) is 0 Å². The lowest BCUT2D eigenvalue weighted by Crippen LogP contribution is -2.18. The Balaban J connectivity index is 1.32. The van der Waals surface area contributed by atoms with Crippen LogP contribution in [0.1, 0.15) is 96.0 Å². The van der Waals surface area contributed by atoms with Gasteiger partial charge >= 0.3 is 0 Å². The number of hydrogen-bond donors (Lipinski definition) is 0. The largest absolute Gasteiger partial charge is 0.204 e. The van der Waals surface area contributed by atoms with Crippen molar-refractivity contribution in [3.8, 4) is 0 Å². The van der Waals surface area contributed by atoms with Crippen LogP contribution in [0.3, 0.4) is 0 Å². The fourth-order valence-corrected chi connectivity index (χ4v) is 5.62. The zero-order chi connectivity index (χ0) is 19.9. The van der Waals surface area contributed by atoms with Crippen LogP contribution < -0.4 is 0 Å². The van der Waals surface area contributed by atoms with E-state index >= 15 is 0 Å². The van der Waals surface area contributed by atoms with Gasteiger partial charge in [0.05, 0.1) is 0 Å². The molecule has 2 fully saturated rings. The Labute approximate surface area is 169 Å². The molecule has 3 heteroatoms. The topological polar surface area (TPSA) is 0 Å². The number of aryl methyl sites for hydroxylation is 1. The first-order valence-electron chi connectivity index (χ1n) is 11.7. The molecule has 0 bridgehead atoms. The summed E-state index contributed by atoms with van der Waals surface area (Å²) in [6.07, 6.45) is 18.1. The highest BCUT2D eigenvalue weighted by atomic mass is 19.2. The summed E-state index contributed by atoms with van der Waals surface area (Å²) in [6.45, 7) is 2.30. The molecule has 158 valence electrons. The second-order valence-electron chi connectivity index (χ2n) is 9.55. The zero-order valence-corrected chi connectivity index (χ0v) is 17.5. The van der Waals surface area contributed by atoms with Crippen molar-refractivity contribution in [2.75, 3.05) is 0 Å². The molecular weight excluding hydrogens is 357 g/mol. The lowest BCUT2D eigenvalue weighted by molar-refractivity contribution is 0.209. The Morgan fingerprint density at radius 3 is 1.46 bits per heavy atom. The van der Waals surface area contributed by atoms with Crippen LogP contribution in [-0.4, -0.2) is 0 Å². The molecule has 0 aromatic heterocycles. The molecule has 0 atom stereocenters. The van der Waals surface area contributed by atoms with Gasteiger partial charge in [-0.1, -0.05) is 84.0 Å². The molecule has 2 saturated carbocycles. The van der Waals surface area contributed by atoms with E-state index in [0.717, 1.165) is 36.3 Å². The van der Waals surface area contributed by atoms with Crippen LogP contribution in [0, 0.1) is 41.1 Å². The molecule has 0 radical (unpaired) electrons. The van der Waals surface area contributed by atoms with E-state index < -0.39 is 17.5 Å². The Kier molecular flexibility index (Phi) is 8.29. The van der Waals surface area contributed by atoms with Crippen molar-refractivity contribution in [1.29, 1.82) is 0 Å². The van der Waals surface area contributed by atoms with Crippen molar-refractivity contribution >= 4 is 0 Å². The van der Waals surface area contributed by atoms with Crippen molar-refractivity contribution in [2.24, 2.45) is 23.7 Å². The van der Waals surface area contributed by atoms with Crippen molar-refractivity contribution in [3.05, 3.63) is 35.1 Å². The first-order valence-corrected chi connectivity index (χ1v) is 11.7. The van der Waals surface area contributed by atoms with Crippen LogP contribution in [0.4, 0.5) is 13.2 Å². The average molecular weight is 395 g/mol. The monoisotopic (exact) mass is 394 g/mol. The number of halogens is 3. The molecule has 0 heterocycles. The second kappa shape index (κ2) is 10.7. The Bertz CT molecular complexity index is 573. The number of benzene rings is 1. The first-order chi connectivity index (χ1) is 13.5. The summed E-state index contributed by atoms with van der Waals surface area (Å²) in [5.41, 5.74) is 0.581. The average Bonchev–Trinajstić information content (AvgIpc) is 2.71. The summed E-state index contributed by atoms with van der Waals surface area (Å²) in [4.78, 5) is 0. The van der Waals surface area contributed by atoms with E-state index in [1.54, 1.807) is 0 Å². The maximum absolute atomic E-state index is 13.3. The maximum atomic E-state index is 13.3. The van der Waals surface area contributed by atoms with Gasteiger partial charge in [0.2, 0.25) is 0 Å². The van der Waals surface area contributed by atoms with E-state index in [0.29, 0.717) is 17.9 Å². The third-order valence-corrected chi connectivity index (χ3v) is 7.50. The van der Waals surface area contributed by atoms with Crippen LogP contribution in [0.15, 0.2) is 12.1 Å². The maximum Gasteiger partial charge on any atom is 0.194 e. The number of hydrogen-bond acceptors (Lipinski definition) is 0. The Hall–Kier alpha value is -0.990. The van der Waals surface area contributed by atoms with Gasteiger partial charge in [-0.25, -0.2) is 13.2 Å². The highest BCUT2D eigenvalue weighted by molar-refractivity contribution is 5.19. The van der Waals surface area contributed by atoms with Gasteiger partial charge in [-0.05, 0) is 54.2 Å². The van der Waals surface area contributed by atoms with Crippen LogP contribution >= 0.6 is 0 Å². The highest BCUT2D eigenvalue weighted by Gasteiger charge is 2.24. The first kappa shape index (κ1) is 21.7. The van der Waals surface area contributed by atoms with Gasteiger partial charge in [0.1, 0.15) is 0 Å². The van der Waals surface area contributed by atoms with E-state index in [1.165, 1.54) is 77.0 Å². The molecule has 2 aliphatic carbocycles. The van der Waals surface area contributed by atoms with Crippen molar-refractivity contribution in [3.63, 3.8) is 0 Å². The van der Waals surface area contributed by atoms with E-state index in [9.17, 15) is 13.2 Å². The summed E-state index contributed by atoms with van der Waals surface area (Å²) in [6, 6.07) is 2.30. The predicted molar refractivity (Wildman–Crippen MR) is 110 cm³/mol. The highest BCUT2D eigenvalue weighted by Crippen LogP contribution is 2.38. The minimum atomic E-state index is -1.36. The lowest BCUT2D eigenvalue weighted by Gasteiger charge is -2.32. The minimum absolute atomic E-state index is 0.581. The van der Waals surface area contributed by atoms with Gasteiger partial charge in [-0.3, -0.25) is 0 Å². The van der Waals surface area contributed by atoms with Gasteiger partial charge in [-0.2, -0.15) is 0 Å². The Morgan fingerprint density at radius 2 is 1.04 bits per heavy atom. The summed E-state index contributed by atoms with van der Waals surface area (Å²) in [7, 11) is 0. The standard InChI is InChI=1S/C25H37F3/c1-2-3-18-4-6-19(7-5-18)8-9-20-10-12-21(13-11-20)14-15-22-16-23(26)25(28)24(27)17-22/h16-21H,2-15H2,1H3/t18-,19-,20-,21-. The molecule has 0 unspecified atom stereocenters. The molecule has 3 rings (SSSR count). The molecular formula is C25H37F3. The SMILES string of the molecule is CCC[C@H]1CC[C@H](CC[C@H]2CC[C@H](CCc3cc(F)c(F)c(F)c3)CC2)CC1. The number of rotatable bonds is 8. The summed E-state index contributed by atoms with van der Waals surface area (Å²) >= 11 is 0. The van der Waals surface area contributed by atoms with Gasteiger partial charge in [0, 0.05) is 0 Å². The zero-order valence-electron chi connectivity index (χ0n) is 17.5. The molecule has 0 amide bonds. The van der Waals surface area contributed by atoms with Crippen LogP contribution in [0.25, 0.3) is 0 Å². The molecule has 28 heavy (non-hydrogen) atoms. The van der Waals surface area contributed by atoms with Crippen molar-refractivity contribution in [1.82, 2.24) is 0 Å². The van der Waals surface area contributed by atoms with Gasteiger partial charge < -0.3 is 0 Å². The van der Waals surface area contributed by atoms with Crippen LogP contribution in [0.2, 0.25) is 0 Å². The van der Waals surface area contributed by atoms with E-state index in [1.807, 2.05) is 0 Å². The normalized spacial score (nSPS) is 28.4. The summed E-state index contributed by atoms with van der Waals surface area (Å²) in [5.74, 6) is 0.00376. The van der Waals surface area contributed by atoms with Crippen molar-refractivity contribution in [2.45, 2.75) is 96.8 Å². The van der Waals surface area contributed by atoms with Gasteiger partial charge in [-0.15, -0.1) is 0 Å². The molecule has 1 aromatic rings. The molecule has 0 nitrogen and oxygen atoms in total. The van der Waals surface area contributed by atoms with Gasteiger partial charge in [0.15, 0.2) is 17.5 Å². The van der Waals surface area contributed by atoms with Crippen molar-refractivity contribution < 1.29 is 13.2 Å². The fraction of sp³-hybridized carbons (Fsp3) is 0.760. The predicted octanol–water partition coefficient (Wildman–Crippen LogP) is 8.23. The fourth-order valence-electron chi connectivity index (χ4n) is 5.62. The minimum Gasteiger partial charge on any atom is -0.204 e. The molecule has 0 saturated heterocycles. The van der Waals surface area contributed by atoms with E-state index in [2.05, 4.69) is 6.92 Å². The molecule has 0 spiro atoms. The quantitative estimate of drug-likeness (QED) is 0.390. The molecule has 2 aliphatic rings. The second-order valence-corrected chi connectivity index (χ2v) is 9.55. The third kappa shape index (κ3) is 6.26. The molecule has 1 aromatic carbocycles. The lowest BCUT2D eigenvalue weighted by atomic mass is 9.74.